The van der Waals surface area contributed by atoms with Gasteiger partial charge in [0.1, 0.15) is 5.75 Å². The van der Waals surface area contributed by atoms with Crippen LogP contribution in [0.4, 0.5) is 5.69 Å². The van der Waals surface area contributed by atoms with E-state index in [0.717, 1.165) is 18.6 Å². The second-order valence-electron chi connectivity index (χ2n) is 7.42. The minimum Gasteiger partial charge on any atom is -0.494 e. The van der Waals surface area contributed by atoms with Crippen molar-refractivity contribution in [3.05, 3.63) is 54.1 Å². The van der Waals surface area contributed by atoms with Crippen LogP contribution >= 0.6 is 0 Å². The van der Waals surface area contributed by atoms with E-state index in [1.165, 1.54) is 10.4 Å². The topological polar surface area (TPSA) is 78.9 Å². The molecule has 30 heavy (non-hydrogen) atoms. The highest BCUT2D eigenvalue weighted by molar-refractivity contribution is 7.89. The highest BCUT2D eigenvalue weighted by Gasteiger charge is 2.27. The Morgan fingerprint density at radius 2 is 1.77 bits per heavy atom. The standard InChI is InChI=1S/C22H29N3O4S/c1-3-4-16-29-20-10-8-18(9-11-20)22(26)23-19-6-5-7-21(17-19)30(27,28)25-14-12-24(2)13-15-25/h5-11,17H,3-4,12-16H2,1-2H3,(H,23,26). The average molecular weight is 432 g/mol. The van der Waals surface area contributed by atoms with Crippen molar-refractivity contribution in [1.82, 2.24) is 9.21 Å². The summed E-state index contributed by atoms with van der Waals surface area (Å²) in [6.45, 7) is 5.07. The molecule has 7 nitrogen and oxygen atoms in total. The van der Waals surface area contributed by atoms with Crippen LogP contribution in [0.25, 0.3) is 0 Å². The third-order valence-electron chi connectivity index (χ3n) is 5.08. The zero-order valence-electron chi connectivity index (χ0n) is 17.5. The maximum absolute atomic E-state index is 12.9. The number of hydrogen-bond acceptors (Lipinski definition) is 5. The molecule has 1 N–H and O–H groups in total. The molecule has 1 aliphatic rings. The number of benzene rings is 2. The predicted octanol–water partition coefficient (Wildman–Crippen LogP) is 3.05. The lowest BCUT2D eigenvalue weighted by Gasteiger charge is -2.31. The number of carbonyl (C=O) groups excluding carboxylic acids is 1. The number of ether oxygens (including phenoxy) is 1. The van der Waals surface area contributed by atoms with Gasteiger partial charge in [-0.1, -0.05) is 19.4 Å². The largest absolute Gasteiger partial charge is 0.494 e. The molecule has 0 radical (unpaired) electrons. The Kier molecular flexibility index (Phi) is 7.47. The van der Waals surface area contributed by atoms with Gasteiger partial charge in [0.2, 0.25) is 10.0 Å². The van der Waals surface area contributed by atoms with Crippen LogP contribution in [0.2, 0.25) is 0 Å². The van der Waals surface area contributed by atoms with E-state index in [-0.39, 0.29) is 10.8 Å². The minimum atomic E-state index is -3.59. The Morgan fingerprint density at radius 3 is 2.43 bits per heavy atom. The zero-order chi connectivity index (χ0) is 21.6. The molecule has 0 bridgehead atoms. The molecule has 3 rings (SSSR count). The van der Waals surface area contributed by atoms with Gasteiger partial charge in [-0.05, 0) is 55.9 Å². The normalized spacial score (nSPS) is 15.7. The molecule has 1 amide bonds. The molecule has 0 aromatic heterocycles. The van der Waals surface area contributed by atoms with Crippen molar-refractivity contribution in [1.29, 1.82) is 0 Å². The minimum absolute atomic E-state index is 0.185. The quantitative estimate of drug-likeness (QED) is 0.650. The van der Waals surface area contributed by atoms with Crippen LogP contribution < -0.4 is 10.1 Å². The Hall–Kier alpha value is -2.42. The number of carbonyl (C=O) groups is 1. The number of hydrogen-bond donors (Lipinski definition) is 1. The summed E-state index contributed by atoms with van der Waals surface area (Å²) in [6, 6.07) is 13.3. The van der Waals surface area contributed by atoms with E-state index in [1.54, 1.807) is 42.5 Å². The van der Waals surface area contributed by atoms with Crippen LogP contribution in [0.1, 0.15) is 30.1 Å². The van der Waals surface area contributed by atoms with Gasteiger partial charge in [0.05, 0.1) is 11.5 Å². The van der Waals surface area contributed by atoms with Crippen LogP contribution in [0.15, 0.2) is 53.4 Å². The molecule has 2 aromatic carbocycles. The first-order valence-electron chi connectivity index (χ1n) is 10.2. The van der Waals surface area contributed by atoms with Crippen LogP contribution in [-0.2, 0) is 10.0 Å². The maximum Gasteiger partial charge on any atom is 0.255 e. The van der Waals surface area contributed by atoms with Crippen molar-refractivity contribution in [3.63, 3.8) is 0 Å². The zero-order valence-corrected chi connectivity index (χ0v) is 18.3. The summed E-state index contributed by atoms with van der Waals surface area (Å²) in [7, 11) is -1.61. The average Bonchev–Trinajstić information content (AvgIpc) is 2.75. The first-order chi connectivity index (χ1) is 14.4. The van der Waals surface area contributed by atoms with Crippen molar-refractivity contribution >= 4 is 21.6 Å². The van der Waals surface area contributed by atoms with Gasteiger partial charge in [0, 0.05) is 37.4 Å². The number of piperazine rings is 1. The van der Waals surface area contributed by atoms with E-state index in [1.807, 2.05) is 7.05 Å². The van der Waals surface area contributed by atoms with Crippen LogP contribution in [0, 0.1) is 0 Å². The second kappa shape index (κ2) is 10.1. The molecule has 2 aromatic rings. The van der Waals surface area contributed by atoms with Crippen molar-refractivity contribution in [2.75, 3.05) is 45.2 Å². The third-order valence-corrected chi connectivity index (χ3v) is 6.97. The van der Waals surface area contributed by atoms with Gasteiger partial charge in [-0.2, -0.15) is 4.31 Å². The summed E-state index contributed by atoms with van der Waals surface area (Å²) in [6.07, 6.45) is 2.04. The Labute approximate surface area is 178 Å². The Morgan fingerprint density at radius 1 is 1.07 bits per heavy atom. The first kappa shape index (κ1) is 22.3. The van der Waals surface area contributed by atoms with E-state index >= 15 is 0 Å². The van der Waals surface area contributed by atoms with E-state index < -0.39 is 10.0 Å². The Balaban J connectivity index is 1.66. The molecule has 162 valence electrons. The molecule has 1 fully saturated rings. The van der Waals surface area contributed by atoms with E-state index in [4.69, 9.17) is 4.74 Å². The van der Waals surface area contributed by atoms with Crippen LogP contribution in [0.5, 0.6) is 5.75 Å². The van der Waals surface area contributed by atoms with Crippen LogP contribution in [0.3, 0.4) is 0 Å². The summed E-state index contributed by atoms with van der Waals surface area (Å²) in [5, 5.41) is 2.78. The molecule has 0 spiro atoms. The summed E-state index contributed by atoms with van der Waals surface area (Å²) < 4.78 is 33.0. The smallest absolute Gasteiger partial charge is 0.255 e. The van der Waals surface area contributed by atoms with Crippen molar-refractivity contribution in [2.45, 2.75) is 24.7 Å². The van der Waals surface area contributed by atoms with Gasteiger partial charge in [-0.15, -0.1) is 0 Å². The number of nitrogens with zero attached hydrogens (tertiary/aromatic N) is 2. The molecule has 1 saturated heterocycles. The molecular weight excluding hydrogens is 402 g/mol. The predicted molar refractivity (Wildman–Crippen MR) is 117 cm³/mol. The summed E-state index contributed by atoms with van der Waals surface area (Å²) in [5.74, 6) is 0.421. The van der Waals surface area contributed by atoms with Gasteiger partial charge in [-0.3, -0.25) is 4.79 Å². The third kappa shape index (κ3) is 5.59. The molecule has 1 heterocycles. The molecule has 0 aliphatic carbocycles. The van der Waals surface area contributed by atoms with Crippen molar-refractivity contribution < 1.29 is 17.9 Å². The second-order valence-corrected chi connectivity index (χ2v) is 9.35. The number of nitrogens with one attached hydrogen (secondary N) is 1. The van der Waals surface area contributed by atoms with Gasteiger partial charge >= 0.3 is 0 Å². The lowest BCUT2D eigenvalue weighted by Crippen LogP contribution is -2.47. The number of sulfonamides is 1. The SMILES string of the molecule is CCCCOc1ccc(C(=O)Nc2cccc(S(=O)(=O)N3CCN(C)CC3)c2)cc1. The lowest BCUT2D eigenvalue weighted by molar-refractivity contribution is 0.102. The molecular formula is C22H29N3O4S. The number of rotatable bonds is 8. The van der Waals surface area contributed by atoms with Gasteiger partial charge in [0.25, 0.3) is 5.91 Å². The first-order valence-corrected chi connectivity index (χ1v) is 11.7. The molecule has 8 heteroatoms. The van der Waals surface area contributed by atoms with Gasteiger partial charge in [0.15, 0.2) is 0 Å². The van der Waals surface area contributed by atoms with E-state index in [0.29, 0.717) is 44.0 Å². The summed E-state index contributed by atoms with van der Waals surface area (Å²) in [5.41, 5.74) is 0.920. The fourth-order valence-electron chi connectivity index (χ4n) is 3.15. The van der Waals surface area contributed by atoms with Crippen LogP contribution in [-0.4, -0.2) is 63.4 Å². The molecule has 1 aliphatic heterocycles. The van der Waals surface area contributed by atoms with E-state index in [2.05, 4.69) is 17.1 Å². The number of unbranched alkanes of at least 4 members (excludes halogenated alkanes) is 1. The summed E-state index contributed by atoms with van der Waals surface area (Å²) in [4.78, 5) is 14.9. The number of likely N-dealkylation sites (N-methyl/N-ethyl adjacent to an activating group) is 1. The maximum atomic E-state index is 12.9. The highest BCUT2D eigenvalue weighted by Crippen LogP contribution is 2.21. The van der Waals surface area contributed by atoms with Gasteiger partial charge in [-0.25, -0.2) is 8.42 Å². The Bertz CT molecular complexity index is 953. The number of amides is 1. The van der Waals surface area contributed by atoms with Gasteiger partial charge < -0.3 is 15.0 Å². The fourth-order valence-corrected chi connectivity index (χ4v) is 4.62. The fraction of sp³-hybridized carbons (Fsp3) is 0.409. The highest BCUT2D eigenvalue weighted by atomic mass is 32.2. The summed E-state index contributed by atoms with van der Waals surface area (Å²) >= 11 is 0. The van der Waals surface area contributed by atoms with E-state index in [9.17, 15) is 13.2 Å². The van der Waals surface area contributed by atoms with Crippen molar-refractivity contribution in [3.8, 4) is 5.75 Å². The van der Waals surface area contributed by atoms with Crippen molar-refractivity contribution in [2.24, 2.45) is 0 Å². The lowest BCUT2D eigenvalue weighted by atomic mass is 10.2. The monoisotopic (exact) mass is 431 g/mol. The number of anilines is 1. The molecule has 0 atom stereocenters. The molecule has 0 unspecified atom stereocenters. The molecule has 0 saturated carbocycles.